The Morgan fingerprint density at radius 2 is 1.79 bits per heavy atom. The number of carbonyl (C=O) groups is 1. The molecule has 146 valence electrons. The summed E-state index contributed by atoms with van der Waals surface area (Å²) in [7, 11) is 3.64. The van der Waals surface area contributed by atoms with Crippen molar-refractivity contribution in [3.63, 3.8) is 0 Å². The number of ether oxygens (including phenoxy) is 1. The summed E-state index contributed by atoms with van der Waals surface area (Å²) in [6, 6.07) is 17.4. The maximum absolute atomic E-state index is 12.4. The average Bonchev–Trinajstić information content (AvgIpc) is 2.97. The standard InChI is InChI=1S/C22H26N4O2/c1-16-21(17(2)26(24-16)19-8-6-5-7-9-19)14-25(3)15-22(27)23-18-10-12-20(28-4)13-11-18/h5-13H,14-15H2,1-4H3,(H,23,27)/p+1. The molecule has 2 aromatic carbocycles. The summed E-state index contributed by atoms with van der Waals surface area (Å²) >= 11 is 0. The Bertz CT molecular complexity index is 933. The van der Waals surface area contributed by atoms with Gasteiger partial charge in [-0.3, -0.25) is 4.79 Å². The van der Waals surface area contributed by atoms with Crippen molar-refractivity contribution >= 4 is 11.6 Å². The summed E-state index contributed by atoms with van der Waals surface area (Å²) in [5, 5.41) is 7.62. The molecule has 28 heavy (non-hydrogen) atoms. The van der Waals surface area contributed by atoms with E-state index in [4.69, 9.17) is 4.74 Å². The van der Waals surface area contributed by atoms with Crippen molar-refractivity contribution in [2.45, 2.75) is 20.4 Å². The van der Waals surface area contributed by atoms with Crippen LogP contribution in [0.2, 0.25) is 0 Å². The molecule has 0 aliphatic heterocycles. The monoisotopic (exact) mass is 379 g/mol. The Morgan fingerprint density at radius 1 is 1.11 bits per heavy atom. The zero-order chi connectivity index (χ0) is 20.1. The number of hydrogen-bond acceptors (Lipinski definition) is 3. The smallest absolute Gasteiger partial charge is 0.279 e. The molecule has 2 N–H and O–H groups in total. The van der Waals surface area contributed by atoms with Gasteiger partial charge in [-0.25, -0.2) is 4.68 Å². The molecule has 1 heterocycles. The van der Waals surface area contributed by atoms with E-state index in [1.54, 1.807) is 7.11 Å². The molecule has 1 aromatic heterocycles. The van der Waals surface area contributed by atoms with Crippen molar-refractivity contribution in [1.82, 2.24) is 9.78 Å². The van der Waals surface area contributed by atoms with E-state index in [0.717, 1.165) is 40.0 Å². The van der Waals surface area contributed by atoms with Gasteiger partial charge in [-0.05, 0) is 50.2 Å². The number of carbonyl (C=O) groups excluding carboxylic acids is 1. The maximum Gasteiger partial charge on any atom is 0.279 e. The van der Waals surface area contributed by atoms with Crippen molar-refractivity contribution < 1.29 is 14.4 Å². The van der Waals surface area contributed by atoms with Gasteiger partial charge in [0.05, 0.1) is 36.8 Å². The highest BCUT2D eigenvalue weighted by Crippen LogP contribution is 2.17. The Hall–Kier alpha value is -3.12. The Labute approximate surface area is 165 Å². The minimum atomic E-state index is -0.0200. The van der Waals surface area contributed by atoms with Gasteiger partial charge in [0.25, 0.3) is 5.91 Å². The van der Waals surface area contributed by atoms with Crippen molar-refractivity contribution in [2.24, 2.45) is 0 Å². The molecule has 3 rings (SSSR count). The highest BCUT2D eigenvalue weighted by atomic mass is 16.5. The fourth-order valence-electron chi connectivity index (χ4n) is 3.27. The summed E-state index contributed by atoms with van der Waals surface area (Å²) in [5.74, 6) is 0.746. The second-order valence-electron chi connectivity index (χ2n) is 6.98. The second-order valence-corrected chi connectivity index (χ2v) is 6.98. The quantitative estimate of drug-likeness (QED) is 0.661. The van der Waals surface area contributed by atoms with Gasteiger partial charge in [0, 0.05) is 5.69 Å². The van der Waals surface area contributed by atoms with E-state index in [0.29, 0.717) is 6.54 Å². The number of quaternary nitrogens is 1. The van der Waals surface area contributed by atoms with E-state index in [2.05, 4.69) is 17.3 Å². The van der Waals surface area contributed by atoms with Crippen LogP contribution in [0.15, 0.2) is 54.6 Å². The van der Waals surface area contributed by atoms with Crippen LogP contribution in [0.25, 0.3) is 5.69 Å². The number of methoxy groups -OCH3 is 1. The molecule has 0 spiro atoms. The number of nitrogens with one attached hydrogen (secondary N) is 2. The number of nitrogens with zero attached hydrogens (tertiary/aromatic N) is 2. The third-order valence-corrected chi connectivity index (χ3v) is 4.76. The van der Waals surface area contributed by atoms with Gasteiger partial charge < -0.3 is 15.0 Å². The predicted molar refractivity (Wildman–Crippen MR) is 110 cm³/mol. The van der Waals surface area contributed by atoms with E-state index in [1.165, 1.54) is 5.56 Å². The number of amides is 1. The van der Waals surface area contributed by atoms with Gasteiger partial charge >= 0.3 is 0 Å². The lowest BCUT2D eigenvalue weighted by Crippen LogP contribution is -3.08. The molecule has 6 nitrogen and oxygen atoms in total. The largest absolute Gasteiger partial charge is 0.497 e. The number of rotatable bonds is 7. The molecule has 6 heteroatoms. The van der Waals surface area contributed by atoms with Crippen LogP contribution in [0, 0.1) is 13.8 Å². The molecular weight excluding hydrogens is 352 g/mol. The van der Waals surface area contributed by atoms with Crippen LogP contribution < -0.4 is 15.0 Å². The highest BCUT2D eigenvalue weighted by Gasteiger charge is 2.18. The number of aryl methyl sites for hydroxylation is 1. The molecule has 0 saturated carbocycles. The first-order chi connectivity index (χ1) is 13.5. The summed E-state index contributed by atoms with van der Waals surface area (Å²) in [4.78, 5) is 13.5. The molecular formula is C22H27N4O2+. The van der Waals surface area contributed by atoms with Crippen LogP contribution in [0.5, 0.6) is 5.75 Å². The molecule has 3 aromatic rings. The Morgan fingerprint density at radius 3 is 2.43 bits per heavy atom. The van der Waals surface area contributed by atoms with Crippen LogP contribution in [0.1, 0.15) is 17.0 Å². The minimum Gasteiger partial charge on any atom is -0.497 e. The van der Waals surface area contributed by atoms with Gasteiger partial charge in [-0.15, -0.1) is 0 Å². The Kier molecular flexibility index (Phi) is 6.11. The molecule has 0 bridgehead atoms. The highest BCUT2D eigenvalue weighted by molar-refractivity contribution is 5.91. The van der Waals surface area contributed by atoms with Gasteiger partial charge in [0.1, 0.15) is 12.3 Å². The summed E-state index contributed by atoms with van der Waals surface area (Å²) in [5.41, 5.74) is 5.10. The summed E-state index contributed by atoms with van der Waals surface area (Å²) < 4.78 is 7.10. The SMILES string of the molecule is COc1ccc(NC(=O)C[NH+](C)Cc2c(C)nn(-c3ccccc3)c2C)cc1. The first kappa shape index (κ1) is 19.6. The lowest BCUT2D eigenvalue weighted by atomic mass is 10.2. The first-order valence-corrected chi connectivity index (χ1v) is 9.33. The molecule has 0 radical (unpaired) electrons. The van der Waals surface area contributed by atoms with Crippen LogP contribution in [-0.4, -0.2) is 36.4 Å². The lowest BCUT2D eigenvalue weighted by molar-refractivity contribution is -0.885. The summed E-state index contributed by atoms with van der Waals surface area (Å²) in [6.07, 6.45) is 0. The fraction of sp³-hybridized carbons (Fsp3) is 0.273. The zero-order valence-electron chi connectivity index (χ0n) is 16.8. The van der Waals surface area contributed by atoms with E-state index in [1.807, 2.05) is 73.3 Å². The van der Waals surface area contributed by atoms with Crippen LogP contribution >= 0.6 is 0 Å². The molecule has 0 saturated heterocycles. The molecule has 0 aliphatic rings. The normalized spacial score (nSPS) is 11.9. The third kappa shape index (κ3) is 4.58. The topological polar surface area (TPSA) is 60.6 Å². The van der Waals surface area contributed by atoms with Crippen molar-refractivity contribution in [3.8, 4) is 11.4 Å². The van der Waals surface area contributed by atoms with E-state index < -0.39 is 0 Å². The predicted octanol–water partition coefficient (Wildman–Crippen LogP) is 2.15. The molecule has 0 aliphatic carbocycles. The van der Waals surface area contributed by atoms with Crippen LogP contribution in [0.4, 0.5) is 5.69 Å². The second kappa shape index (κ2) is 8.71. The van der Waals surface area contributed by atoms with Crippen LogP contribution in [-0.2, 0) is 11.3 Å². The van der Waals surface area contributed by atoms with Crippen molar-refractivity contribution in [2.75, 3.05) is 26.0 Å². The van der Waals surface area contributed by atoms with Crippen molar-refractivity contribution in [1.29, 1.82) is 0 Å². The first-order valence-electron chi connectivity index (χ1n) is 9.33. The average molecular weight is 379 g/mol. The zero-order valence-corrected chi connectivity index (χ0v) is 16.8. The van der Waals surface area contributed by atoms with E-state index in [9.17, 15) is 4.79 Å². The Balaban J connectivity index is 1.63. The van der Waals surface area contributed by atoms with Gasteiger partial charge in [0.2, 0.25) is 0 Å². The molecule has 1 unspecified atom stereocenters. The molecule has 1 amide bonds. The maximum atomic E-state index is 12.4. The van der Waals surface area contributed by atoms with Gasteiger partial charge in [-0.1, -0.05) is 18.2 Å². The van der Waals surface area contributed by atoms with Crippen molar-refractivity contribution in [3.05, 3.63) is 71.5 Å². The number of aromatic nitrogens is 2. The number of para-hydroxylation sites is 1. The molecule has 1 atom stereocenters. The third-order valence-electron chi connectivity index (χ3n) is 4.76. The van der Waals surface area contributed by atoms with Crippen LogP contribution in [0.3, 0.4) is 0 Å². The number of likely N-dealkylation sites (N-methyl/N-ethyl adjacent to an activating group) is 1. The molecule has 0 fully saturated rings. The fourth-order valence-corrected chi connectivity index (χ4v) is 3.27. The number of benzene rings is 2. The van der Waals surface area contributed by atoms with Gasteiger partial charge in [0.15, 0.2) is 6.54 Å². The number of anilines is 1. The van der Waals surface area contributed by atoms with Gasteiger partial charge in [-0.2, -0.15) is 5.10 Å². The van der Waals surface area contributed by atoms with E-state index in [-0.39, 0.29) is 5.91 Å². The van der Waals surface area contributed by atoms with E-state index >= 15 is 0 Å². The minimum absolute atomic E-state index is 0.0200. The summed E-state index contributed by atoms with van der Waals surface area (Å²) in [6.45, 7) is 5.21. The lowest BCUT2D eigenvalue weighted by Gasteiger charge is -2.14. The number of hydrogen-bond donors (Lipinski definition) is 2.